The van der Waals surface area contributed by atoms with Crippen LogP contribution in [0.2, 0.25) is 0 Å². The zero-order chi connectivity index (χ0) is 13.1. The van der Waals surface area contributed by atoms with Crippen molar-refractivity contribution in [1.29, 1.82) is 0 Å². The Kier molecular flexibility index (Phi) is 3.52. The summed E-state index contributed by atoms with van der Waals surface area (Å²) in [7, 11) is 0. The van der Waals surface area contributed by atoms with E-state index in [0.29, 0.717) is 0 Å². The number of carboxylic acid groups (broad SMARTS) is 1. The van der Waals surface area contributed by atoms with Crippen LogP contribution in [0.5, 0.6) is 11.6 Å². The summed E-state index contributed by atoms with van der Waals surface area (Å²) in [4.78, 5) is 10.9. The monoisotopic (exact) mass is 312 g/mol. The molecule has 5 nitrogen and oxygen atoms in total. The molecule has 7 heteroatoms. The smallest absolute Gasteiger partial charge is 0.341 e. The molecule has 0 fully saturated rings. The van der Waals surface area contributed by atoms with Gasteiger partial charge in [0.05, 0.1) is 10.7 Å². The van der Waals surface area contributed by atoms with Crippen molar-refractivity contribution >= 4 is 21.9 Å². The van der Waals surface area contributed by atoms with Crippen molar-refractivity contribution < 1.29 is 19.0 Å². The molecule has 1 N–H and O–H groups in total. The lowest BCUT2D eigenvalue weighted by Crippen LogP contribution is -2.02. The summed E-state index contributed by atoms with van der Waals surface area (Å²) in [6.45, 7) is 0. The number of aromatic nitrogens is 2. The Hall–Kier alpha value is -2.02. The highest BCUT2D eigenvalue weighted by Gasteiger charge is 2.14. The van der Waals surface area contributed by atoms with Crippen LogP contribution in [0, 0.1) is 5.82 Å². The van der Waals surface area contributed by atoms with Crippen molar-refractivity contribution in [2.75, 3.05) is 0 Å². The fraction of sp³-hybridized carbons (Fsp3) is 0. The number of benzene rings is 1. The highest BCUT2D eigenvalue weighted by atomic mass is 79.9. The van der Waals surface area contributed by atoms with Gasteiger partial charge in [0.1, 0.15) is 17.1 Å². The predicted molar refractivity (Wildman–Crippen MR) is 63.2 cm³/mol. The number of hydrogen-bond donors (Lipinski definition) is 1. The van der Waals surface area contributed by atoms with Gasteiger partial charge in [0.25, 0.3) is 5.88 Å². The minimum Gasteiger partial charge on any atom is -0.477 e. The molecule has 0 aliphatic heterocycles. The summed E-state index contributed by atoms with van der Waals surface area (Å²) in [6.07, 6.45) is 1.25. The van der Waals surface area contributed by atoms with E-state index in [-0.39, 0.29) is 21.7 Å². The van der Waals surface area contributed by atoms with E-state index in [2.05, 4.69) is 26.1 Å². The van der Waals surface area contributed by atoms with Crippen LogP contribution in [0.3, 0.4) is 0 Å². The molecule has 0 saturated carbocycles. The normalized spacial score (nSPS) is 10.1. The van der Waals surface area contributed by atoms with E-state index in [9.17, 15) is 9.18 Å². The molecule has 1 aromatic heterocycles. The predicted octanol–water partition coefficient (Wildman–Crippen LogP) is 2.87. The Morgan fingerprint density at radius 1 is 1.39 bits per heavy atom. The molecule has 18 heavy (non-hydrogen) atoms. The fourth-order valence-corrected chi connectivity index (χ4v) is 1.57. The fourth-order valence-electron chi connectivity index (χ4n) is 1.21. The molecule has 0 saturated heterocycles. The zero-order valence-electron chi connectivity index (χ0n) is 8.80. The average molecular weight is 313 g/mol. The van der Waals surface area contributed by atoms with Gasteiger partial charge in [-0.3, -0.25) is 0 Å². The van der Waals surface area contributed by atoms with Gasteiger partial charge in [-0.2, -0.15) is 5.10 Å². The number of aromatic carboxylic acids is 1. The first-order valence-electron chi connectivity index (χ1n) is 4.76. The highest BCUT2D eigenvalue weighted by Crippen LogP contribution is 2.26. The first kappa shape index (κ1) is 12.4. The van der Waals surface area contributed by atoms with Crippen LogP contribution in [0.25, 0.3) is 0 Å². The number of rotatable bonds is 3. The molecule has 0 aliphatic rings. The molecule has 1 heterocycles. The molecule has 0 radical (unpaired) electrons. The van der Waals surface area contributed by atoms with Gasteiger partial charge < -0.3 is 9.84 Å². The van der Waals surface area contributed by atoms with E-state index < -0.39 is 11.8 Å². The summed E-state index contributed by atoms with van der Waals surface area (Å²) in [5, 5.41) is 16.1. The van der Waals surface area contributed by atoms with Gasteiger partial charge in [-0.1, -0.05) is 0 Å². The second kappa shape index (κ2) is 5.09. The Balaban J connectivity index is 2.34. The van der Waals surface area contributed by atoms with Crippen LogP contribution in [0.15, 0.2) is 34.9 Å². The van der Waals surface area contributed by atoms with Gasteiger partial charge in [0.2, 0.25) is 0 Å². The zero-order valence-corrected chi connectivity index (χ0v) is 10.4. The Labute approximate surface area is 109 Å². The lowest BCUT2D eigenvalue weighted by atomic mass is 10.3. The topological polar surface area (TPSA) is 72.3 Å². The number of hydrogen-bond acceptors (Lipinski definition) is 4. The SMILES string of the molecule is O=C(O)c1ccnnc1Oc1ccc(F)c(Br)c1. The molecular weight excluding hydrogens is 307 g/mol. The van der Waals surface area contributed by atoms with E-state index in [1.165, 1.54) is 30.5 Å². The Morgan fingerprint density at radius 2 is 2.17 bits per heavy atom. The van der Waals surface area contributed by atoms with E-state index in [1.54, 1.807) is 0 Å². The molecule has 2 rings (SSSR count). The van der Waals surface area contributed by atoms with Crippen molar-refractivity contribution in [3.63, 3.8) is 0 Å². The first-order valence-corrected chi connectivity index (χ1v) is 5.55. The standard InChI is InChI=1S/C11H6BrFN2O3/c12-8-5-6(1-2-9(8)13)18-10-7(11(16)17)3-4-14-15-10/h1-5H,(H,16,17). The molecule has 0 unspecified atom stereocenters. The Bertz CT molecular complexity index is 607. The summed E-state index contributed by atoms with van der Waals surface area (Å²) in [6, 6.07) is 5.19. The minimum absolute atomic E-state index is 0.120. The van der Waals surface area contributed by atoms with Crippen molar-refractivity contribution in [1.82, 2.24) is 10.2 Å². The Morgan fingerprint density at radius 3 is 2.83 bits per heavy atom. The van der Waals surface area contributed by atoms with Crippen molar-refractivity contribution in [2.45, 2.75) is 0 Å². The third kappa shape index (κ3) is 2.62. The van der Waals surface area contributed by atoms with Crippen molar-refractivity contribution in [3.05, 3.63) is 46.3 Å². The highest BCUT2D eigenvalue weighted by molar-refractivity contribution is 9.10. The van der Waals surface area contributed by atoms with Crippen molar-refractivity contribution in [3.8, 4) is 11.6 Å². The van der Waals surface area contributed by atoms with E-state index in [4.69, 9.17) is 9.84 Å². The minimum atomic E-state index is -1.18. The average Bonchev–Trinajstić information content (AvgIpc) is 2.34. The largest absolute Gasteiger partial charge is 0.477 e. The molecule has 92 valence electrons. The molecular formula is C11H6BrFN2O3. The molecule has 0 amide bonds. The summed E-state index contributed by atoms with van der Waals surface area (Å²) >= 11 is 3.00. The number of carbonyl (C=O) groups is 1. The van der Waals surface area contributed by atoms with Gasteiger partial charge in [-0.15, -0.1) is 5.10 Å². The molecule has 0 spiro atoms. The first-order chi connectivity index (χ1) is 8.58. The summed E-state index contributed by atoms with van der Waals surface area (Å²) in [5.41, 5.74) is -0.120. The lowest BCUT2D eigenvalue weighted by molar-refractivity contribution is 0.0693. The molecule has 0 aliphatic carbocycles. The second-order valence-electron chi connectivity index (χ2n) is 3.23. The number of carboxylic acids is 1. The van der Waals surface area contributed by atoms with Crippen LogP contribution in [-0.4, -0.2) is 21.3 Å². The maximum atomic E-state index is 13.0. The molecule has 0 bridgehead atoms. The van der Waals surface area contributed by atoms with Crippen LogP contribution in [0.1, 0.15) is 10.4 Å². The van der Waals surface area contributed by atoms with Crippen LogP contribution in [0.4, 0.5) is 4.39 Å². The quantitative estimate of drug-likeness (QED) is 0.943. The van der Waals surface area contributed by atoms with E-state index >= 15 is 0 Å². The summed E-state index contributed by atoms with van der Waals surface area (Å²) < 4.78 is 18.5. The molecule has 1 aromatic carbocycles. The number of nitrogens with zero attached hydrogens (tertiary/aromatic N) is 2. The van der Waals surface area contributed by atoms with Crippen LogP contribution in [-0.2, 0) is 0 Å². The second-order valence-corrected chi connectivity index (χ2v) is 4.09. The van der Waals surface area contributed by atoms with Gasteiger partial charge >= 0.3 is 5.97 Å². The van der Waals surface area contributed by atoms with Crippen LogP contribution < -0.4 is 4.74 Å². The van der Waals surface area contributed by atoms with Gasteiger partial charge in [0, 0.05) is 0 Å². The molecule has 2 aromatic rings. The number of halogens is 2. The van der Waals surface area contributed by atoms with Gasteiger partial charge in [-0.25, -0.2) is 9.18 Å². The third-order valence-corrected chi connectivity index (χ3v) is 2.63. The third-order valence-electron chi connectivity index (χ3n) is 2.02. The maximum Gasteiger partial charge on any atom is 0.341 e. The lowest BCUT2D eigenvalue weighted by Gasteiger charge is -2.06. The van der Waals surface area contributed by atoms with Gasteiger partial charge in [0.15, 0.2) is 0 Å². The molecule has 0 atom stereocenters. The van der Waals surface area contributed by atoms with E-state index in [0.717, 1.165) is 0 Å². The van der Waals surface area contributed by atoms with Gasteiger partial charge in [-0.05, 0) is 40.2 Å². The van der Waals surface area contributed by atoms with E-state index in [1.807, 2.05) is 0 Å². The van der Waals surface area contributed by atoms with Crippen molar-refractivity contribution in [2.24, 2.45) is 0 Å². The summed E-state index contributed by atoms with van der Waals surface area (Å²) in [5.74, 6) is -1.52. The maximum absolute atomic E-state index is 13.0. The van der Waals surface area contributed by atoms with Crippen LogP contribution >= 0.6 is 15.9 Å². The number of ether oxygens (including phenoxy) is 1.